The van der Waals surface area contributed by atoms with E-state index in [1.54, 1.807) is 6.07 Å². The van der Waals surface area contributed by atoms with E-state index in [0.29, 0.717) is 15.6 Å². The average molecular weight is 282 g/mol. The summed E-state index contributed by atoms with van der Waals surface area (Å²) in [5.41, 5.74) is 8.24. The van der Waals surface area contributed by atoms with E-state index in [1.165, 1.54) is 18.4 Å². The lowest BCUT2D eigenvalue weighted by atomic mass is 10.0. The van der Waals surface area contributed by atoms with Crippen LogP contribution in [0.2, 0.25) is 5.02 Å². The first-order valence-electron chi connectivity index (χ1n) is 5.27. The van der Waals surface area contributed by atoms with Crippen LogP contribution in [0, 0.1) is 6.92 Å². The number of benzene rings is 1. The summed E-state index contributed by atoms with van der Waals surface area (Å²) in [6.07, 6.45) is 0. The van der Waals surface area contributed by atoms with Gasteiger partial charge in [-0.1, -0.05) is 23.7 Å². The average Bonchev–Trinajstić information content (AvgIpc) is 2.64. The Labute approximate surface area is 114 Å². The molecule has 1 aromatic heterocycles. The number of thiophene rings is 1. The number of aryl methyl sites for hydroxylation is 1. The fourth-order valence-corrected chi connectivity index (χ4v) is 3.01. The molecule has 2 rings (SSSR count). The SMILES string of the molecule is COC(=O)c1sc(C)c(-c2cccc(Cl)c2)c1N. The minimum Gasteiger partial charge on any atom is -0.465 e. The summed E-state index contributed by atoms with van der Waals surface area (Å²) in [5.74, 6) is -0.408. The van der Waals surface area contributed by atoms with Gasteiger partial charge in [0, 0.05) is 15.5 Å². The topological polar surface area (TPSA) is 52.3 Å². The van der Waals surface area contributed by atoms with Crippen molar-refractivity contribution in [3.63, 3.8) is 0 Å². The zero-order valence-corrected chi connectivity index (χ0v) is 11.6. The summed E-state index contributed by atoms with van der Waals surface area (Å²) in [6, 6.07) is 7.39. The van der Waals surface area contributed by atoms with Crippen LogP contribution in [-0.4, -0.2) is 13.1 Å². The Hall–Kier alpha value is -1.52. The molecule has 0 unspecified atom stereocenters. The monoisotopic (exact) mass is 281 g/mol. The molecule has 5 heteroatoms. The van der Waals surface area contributed by atoms with Gasteiger partial charge in [-0.2, -0.15) is 0 Å². The molecule has 3 nitrogen and oxygen atoms in total. The van der Waals surface area contributed by atoms with Crippen molar-refractivity contribution in [2.45, 2.75) is 6.92 Å². The van der Waals surface area contributed by atoms with Crippen LogP contribution in [0.25, 0.3) is 11.1 Å². The summed E-state index contributed by atoms with van der Waals surface area (Å²) < 4.78 is 4.71. The third-order valence-corrected chi connectivity index (χ3v) is 3.94. The number of halogens is 1. The molecule has 94 valence electrons. The second kappa shape index (κ2) is 5.00. The molecule has 0 aliphatic rings. The minimum atomic E-state index is -0.408. The lowest BCUT2D eigenvalue weighted by Gasteiger charge is -2.03. The number of esters is 1. The molecule has 0 atom stereocenters. The third kappa shape index (κ3) is 2.21. The summed E-state index contributed by atoms with van der Waals surface area (Å²) in [6.45, 7) is 1.92. The standard InChI is InChI=1S/C13H12ClNO2S/c1-7-10(8-4-3-5-9(14)6-8)11(15)12(18-7)13(16)17-2/h3-6H,15H2,1-2H3. The van der Waals surface area contributed by atoms with Crippen LogP contribution in [0.15, 0.2) is 24.3 Å². The first kappa shape index (κ1) is 12.9. The number of nitrogens with two attached hydrogens (primary N) is 1. The zero-order chi connectivity index (χ0) is 13.3. The number of rotatable bonds is 2. The van der Waals surface area contributed by atoms with Crippen molar-refractivity contribution in [1.29, 1.82) is 0 Å². The molecule has 0 aliphatic carbocycles. The van der Waals surface area contributed by atoms with Crippen LogP contribution in [0.4, 0.5) is 5.69 Å². The number of carbonyl (C=O) groups is 1. The van der Waals surface area contributed by atoms with E-state index in [9.17, 15) is 4.79 Å². The van der Waals surface area contributed by atoms with Crippen molar-refractivity contribution in [3.8, 4) is 11.1 Å². The predicted octanol–water partition coefficient (Wildman–Crippen LogP) is 3.75. The molecule has 0 spiro atoms. The summed E-state index contributed by atoms with van der Waals surface area (Å²) in [5, 5.41) is 0.636. The van der Waals surface area contributed by atoms with E-state index in [4.69, 9.17) is 22.1 Å². The highest BCUT2D eigenvalue weighted by Gasteiger charge is 2.20. The number of ether oxygens (including phenoxy) is 1. The quantitative estimate of drug-likeness (QED) is 0.853. The molecular weight excluding hydrogens is 270 g/mol. The van der Waals surface area contributed by atoms with Gasteiger partial charge in [0.1, 0.15) is 4.88 Å². The highest BCUT2D eigenvalue weighted by Crippen LogP contribution is 2.39. The van der Waals surface area contributed by atoms with E-state index < -0.39 is 5.97 Å². The second-order valence-electron chi connectivity index (χ2n) is 3.78. The fourth-order valence-electron chi connectivity index (χ4n) is 1.81. The molecule has 1 heterocycles. The maximum atomic E-state index is 11.6. The summed E-state index contributed by atoms with van der Waals surface area (Å²) >= 11 is 7.30. The molecule has 0 aliphatic heterocycles. The lowest BCUT2D eigenvalue weighted by Crippen LogP contribution is -2.02. The maximum absolute atomic E-state index is 11.6. The van der Waals surface area contributed by atoms with Crippen molar-refractivity contribution in [2.24, 2.45) is 0 Å². The first-order chi connectivity index (χ1) is 8.54. The van der Waals surface area contributed by atoms with E-state index >= 15 is 0 Å². The Kier molecular flexibility index (Phi) is 3.59. The van der Waals surface area contributed by atoms with Crippen molar-refractivity contribution in [1.82, 2.24) is 0 Å². The van der Waals surface area contributed by atoms with Gasteiger partial charge in [0.05, 0.1) is 12.8 Å². The molecule has 0 bridgehead atoms. The Morgan fingerprint density at radius 3 is 2.78 bits per heavy atom. The van der Waals surface area contributed by atoms with E-state index in [0.717, 1.165) is 16.0 Å². The third-order valence-electron chi connectivity index (χ3n) is 2.61. The van der Waals surface area contributed by atoms with Gasteiger partial charge in [-0.15, -0.1) is 11.3 Å². The van der Waals surface area contributed by atoms with Gasteiger partial charge in [-0.3, -0.25) is 0 Å². The first-order valence-corrected chi connectivity index (χ1v) is 6.47. The Balaban J connectivity index is 2.59. The van der Waals surface area contributed by atoms with Gasteiger partial charge >= 0.3 is 5.97 Å². The van der Waals surface area contributed by atoms with Crippen LogP contribution in [0.1, 0.15) is 14.5 Å². The highest BCUT2D eigenvalue weighted by atomic mass is 35.5. The van der Waals surface area contributed by atoms with Crippen LogP contribution in [0.5, 0.6) is 0 Å². The van der Waals surface area contributed by atoms with Crippen LogP contribution >= 0.6 is 22.9 Å². The Morgan fingerprint density at radius 2 is 2.17 bits per heavy atom. The van der Waals surface area contributed by atoms with E-state index in [2.05, 4.69) is 0 Å². The van der Waals surface area contributed by atoms with Gasteiger partial charge < -0.3 is 10.5 Å². The molecule has 0 saturated carbocycles. The lowest BCUT2D eigenvalue weighted by molar-refractivity contribution is 0.0607. The zero-order valence-electron chi connectivity index (χ0n) is 9.99. The smallest absolute Gasteiger partial charge is 0.350 e. The number of hydrogen-bond acceptors (Lipinski definition) is 4. The number of anilines is 1. The van der Waals surface area contributed by atoms with Gasteiger partial charge in [0.25, 0.3) is 0 Å². The number of methoxy groups -OCH3 is 1. The van der Waals surface area contributed by atoms with Crippen molar-refractivity contribution >= 4 is 34.6 Å². The molecular formula is C13H12ClNO2S. The highest BCUT2D eigenvalue weighted by molar-refractivity contribution is 7.15. The van der Waals surface area contributed by atoms with Gasteiger partial charge in [0.2, 0.25) is 0 Å². The summed E-state index contributed by atoms with van der Waals surface area (Å²) in [7, 11) is 1.34. The van der Waals surface area contributed by atoms with E-state index in [1.807, 2.05) is 25.1 Å². The van der Waals surface area contributed by atoms with Crippen molar-refractivity contribution in [3.05, 3.63) is 39.0 Å². The van der Waals surface area contributed by atoms with Crippen LogP contribution < -0.4 is 5.73 Å². The number of carbonyl (C=O) groups excluding carboxylic acids is 1. The molecule has 2 aromatic rings. The second-order valence-corrected chi connectivity index (χ2v) is 5.44. The van der Waals surface area contributed by atoms with Crippen molar-refractivity contribution in [2.75, 3.05) is 12.8 Å². The van der Waals surface area contributed by atoms with Gasteiger partial charge in [-0.25, -0.2) is 4.79 Å². The number of hydrogen-bond donors (Lipinski definition) is 1. The normalized spacial score (nSPS) is 10.4. The molecule has 18 heavy (non-hydrogen) atoms. The maximum Gasteiger partial charge on any atom is 0.350 e. The summed E-state index contributed by atoms with van der Waals surface area (Å²) in [4.78, 5) is 13.0. The molecule has 2 N–H and O–H groups in total. The molecule has 0 fully saturated rings. The Bertz CT molecular complexity index is 607. The predicted molar refractivity (Wildman–Crippen MR) is 75.3 cm³/mol. The molecule has 0 radical (unpaired) electrons. The van der Waals surface area contributed by atoms with Gasteiger partial charge in [0.15, 0.2) is 0 Å². The van der Waals surface area contributed by atoms with Crippen LogP contribution in [0.3, 0.4) is 0 Å². The van der Waals surface area contributed by atoms with Crippen molar-refractivity contribution < 1.29 is 9.53 Å². The van der Waals surface area contributed by atoms with Crippen LogP contribution in [-0.2, 0) is 4.74 Å². The minimum absolute atomic E-state index is 0.408. The van der Waals surface area contributed by atoms with E-state index in [-0.39, 0.29) is 0 Å². The fraction of sp³-hybridized carbons (Fsp3) is 0.154. The molecule has 0 saturated heterocycles. The largest absolute Gasteiger partial charge is 0.465 e. The Morgan fingerprint density at radius 1 is 1.44 bits per heavy atom. The molecule has 0 amide bonds. The number of nitrogen functional groups attached to an aromatic ring is 1. The molecule has 1 aromatic carbocycles. The van der Waals surface area contributed by atoms with Gasteiger partial charge in [-0.05, 0) is 24.6 Å².